The number of fused-ring (bicyclic) bond motifs is 2. The first-order valence-electron chi connectivity index (χ1n) is 4.73. The largest absolute Gasteiger partial charge is 0.326 e. The Morgan fingerprint density at radius 1 is 1.36 bits per heavy atom. The number of rotatable bonds is 1. The van der Waals surface area contributed by atoms with Gasteiger partial charge in [-0.1, -0.05) is 0 Å². The van der Waals surface area contributed by atoms with E-state index in [1.807, 2.05) is 0 Å². The van der Waals surface area contributed by atoms with Crippen LogP contribution in [0.25, 0.3) is 0 Å². The molecule has 0 aromatic carbocycles. The maximum absolute atomic E-state index is 6.01. The van der Waals surface area contributed by atoms with Crippen molar-refractivity contribution in [1.29, 1.82) is 0 Å². The summed E-state index contributed by atoms with van der Waals surface area (Å²) < 4.78 is 0. The van der Waals surface area contributed by atoms with Crippen molar-refractivity contribution in [2.75, 3.05) is 0 Å². The van der Waals surface area contributed by atoms with Crippen LogP contribution in [0.4, 0.5) is 0 Å². The summed E-state index contributed by atoms with van der Waals surface area (Å²) in [5.41, 5.74) is 6.01. The molecular weight excluding hydrogens is 136 g/mol. The van der Waals surface area contributed by atoms with E-state index in [9.17, 15) is 0 Å². The van der Waals surface area contributed by atoms with Crippen LogP contribution in [-0.2, 0) is 0 Å². The molecule has 2 heteroatoms. The van der Waals surface area contributed by atoms with Gasteiger partial charge < -0.3 is 5.73 Å². The average Bonchev–Trinajstić information content (AvgIpc) is 2.41. The molecular formula is C9H18N2. The molecule has 2 saturated heterocycles. The molecule has 2 nitrogen and oxygen atoms in total. The Hall–Kier alpha value is -0.0800. The molecule has 2 aliphatic rings. The molecule has 0 spiro atoms. The van der Waals surface area contributed by atoms with E-state index in [-0.39, 0.29) is 0 Å². The van der Waals surface area contributed by atoms with Gasteiger partial charge in [0.25, 0.3) is 0 Å². The van der Waals surface area contributed by atoms with Crippen molar-refractivity contribution >= 4 is 0 Å². The van der Waals surface area contributed by atoms with Crippen LogP contribution in [0, 0.1) is 0 Å². The number of nitrogens with zero attached hydrogens (tertiary/aromatic N) is 1. The van der Waals surface area contributed by atoms with Crippen LogP contribution in [-0.4, -0.2) is 29.1 Å². The van der Waals surface area contributed by atoms with Gasteiger partial charge in [-0.2, -0.15) is 0 Å². The number of nitrogens with two attached hydrogens (primary N) is 1. The predicted octanol–water partition coefficient (Wildman–Crippen LogP) is 0.959. The molecule has 2 aliphatic heterocycles. The first kappa shape index (κ1) is 7.56. The number of hydrogen-bond donors (Lipinski definition) is 1. The second kappa shape index (κ2) is 2.46. The van der Waals surface area contributed by atoms with Gasteiger partial charge >= 0.3 is 0 Å². The third-order valence-electron chi connectivity index (χ3n) is 3.23. The van der Waals surface area contributed by atoms with E-state index in [1.54, 1.807) is 0 Å². The highest BCUT2D eigenvalue weighted by molar-refractivity contribution is 5.03. The lowest BCUT2D eigenvalue weighted by Gasteiger charge is -2.26. The first-order chi connectivity index (χ1) is 5.20. The maximum atomic E-state index is 6.01. The van der Waals surface area contributed by atoms with Crippen molar-refractivity contribution in [3.05, 3.63) is 0 Å². The Labute approximate surface area is 68.7 Å². The predicted molar refractivity (Wildman–Crippen MR) is 46.4 cm³/mol. The van der Waals surface area contributed by atoms with Crippen LogP contribution in [0.15, 0.2) is 0 Å². The zero-order chi connectivity index (χ0) is 8.01. The Bertz CT molecular complexity index is 156. The molecule has 0 aromatic heterocycles. The minimum Gasteiger partial charge on any atom is -0.326 e. The normalized spacial score (nSPS) is 44.2. The van der Waals surface area contributed by atoms with Crippen molar-refractivity contribution in [3.63, 3.8) is 0 Å². The van der Waals surface area contributed by atoms with Crippen molar-refractivity contribution in [1.82, 2.24) is 4.90 Å². The van der Waals surface area contributed by atoms with E-state index < -0.39 is 0 Å². The fraction of sp³-hybridized carbons (Fsp3) is 1.00. The van der Waals surface area contributed by atoms with Gasteiger partial charge in [-0.05, 0) is 33.1 Å². The SMILES string of the molecule is CC(C)N1[C@H]2CC[C@@H]1C(N)C2. The zero-order valence-corrected chi connectivity index (χ0v) is 7.46. The molecule has 11 heavy (non-hydrogen) atoms. The molecule has 0 radical (unpaired) electrons. The highest BCUT2D eigenvalue weighted by Crippen LogP contribution is 2.37. The summed E-state index contributed by atoms with van der Waals surface area (Å²) in [5, 5.41) is 0. The van der Waals surface area contributed by atoms with Crippen molar-refractivity contribution in [3.8, 4) is 0 Å². The fourth-order valence-electron chi connectivity index (χ4n) is 2.88. The summed E-state index contributed by atoms with van der Waals surface area (Å²) in [5.74, 6) is 0. The van der Waals surface area contributed by atoms with E-state index >= 15 is 0 Å². The lowest BCUT2D eigenvalue weighted by Crippen LogP contribution is -2.40. The van der Waals surface area contributed by atoms with E-state index in [4.69, 9.17) is 5.73 Å². The second-order valence-electron chi connectivity index (χ2n) is 4.24. The van der Waals surface area contributed by atoms with Gasteiger partial charge in [0.15, 0.2) is 0 Å². The highest BCUT2D eigenvalue weighted by atomic mass is 15.3. The molecule has 1 unspecified atom stereocenters. The van der Waals surface area contributed by atoms with Gasteiger partial charge in [-0.15, -0.1) is 0 Å². The maximum Gasteiger partial charge on any atom is 0.0254 e. The molecule has 0 amide bonds. The van der Waals surface area contributed by atoms with Crippen LogP contribution in [0.2, 0.25) is 0 Å². The fourth-order valence-corrected chi connectivity index (χ4v) is 2.88. The summed E-state index contributed by atoms with van der Waals surface area (Å²) in [4.78, 5) is 2.62. The van der Waals surface area contributed by atoms with Crippen LogP contribution < -0.4 is 5.73 Å². The lowest BCUT2D eigenvalue weighted by atomic mass is 9.97. The Balaban J connectivity index is 2.13. The third-order valence-corrected chi connectivity index (χ3v) is 3.23. The molecule has 0 aromatic rings. The summed E-state index contributed by atoms with van der Waals surface area (Å²) >= 11 is 0. The summed E-state index contributed by atoms with van der Waals surface area (Å²) in [6, 6.07) is 2.69. The molecule has 3 atom stereocenters. The van der Waals surface area contributed by atoms with Crippen molar-refractivity contribution in [2.24, 2.45) is 5.73 Å². The second-order valence-corrected chi connectivity index (χ2v) is 4.24. The average molecular weight is 154 g/mol. The van der Waals surface area contributed by atoms with E-state index in [0.717, 1.165) is 6.04 Å². The summed E-state index contributed by atoms with van der Waals surface area (Å²) in [7, 11) is 0. The lowest BCUT2D eigenvalue weighted by molar-refractivity contribution is 0.197. The quantitative estimate of drug-likeness (QED) is 0.609. The Kier molecular flexibility index (Phi) is 1.69. The molecule has 2 bridgehead atoms. The van der Waals surface area contributed by atoms with Crippen LogP contribution >= 0.6 is 0 Å². The Morgan fingerprint density at radius 2 is 2.09 bits per heavy atom. The first-order valence-corrected chi connectivity index (χ1v) is 4.73. The standard InChI is InChI=1S/C9H18N2/c1-6(2)11-7-3-4-9(11)8(10)5-7/h6-9H,3-5,10H2,1-2H3/t7-,8?,9+/m0/s1. The highest BCUT2D eigenvalue weighted by Gasteiger charge is 2.45. The molecule has 2 heterocycles. The van der Waals surface area contributed by atoms with E-state index in [0.29, 0.717) is 18.1 Å². The zero-order valence-electron chi connectivity index (χ0n) is 7.46. The third kappa shape index (κ3) is 1.00. The summed E-state index contributed by atoms with van der Waals surface area (Å²) in [6.45, 7) is 4.56. The minimum atomic E-state index is 0.469. The van der Waals surface area contributed by atoms with Gasteiger partial charge in [0.1, 0.15) is 0 Å². The van der Waals surface area contributed by atoms with Gasteiger partial charge in [-0.25, -0.2) is 0 Å². The van der Waals surface area contributed by atoms with Crippen molar-refractivity contribution < 1.29 is 0 Å². The summed E-state index contributed by atoms with van der Waals surface area (Å²) in [6.07, 6.45) is 3.96. The van der Waals surface area contributed by atoms with Gasteiger partial charge in [0, 0.05) is 24.2 Å². The molecule has 0 saturated carbocycles. The van der Waals surface area contributed by atoms with E-state index in [2.05, 4.69) is 18.7 Å². The molecule has 0 aliphatic carbocycles. The van der Waals surface area contributed by atoms with Crippen LogP contribution in [0.5, 0.6) is 0 Å². The minimum absolute atomic E-state index is 0.469. The van der Waals surface area contributed by atoms with Crippen LogP contribution in [0.3, 0.4) is 0 Å². The van der Waals surface area contributed by atoms with Gasteiger partial charge in [0.05, 0.1) is 0 Å². The van der Waals surface area contributed by atoms with Crippen LogP contribution in [0.1, 0.15) is 33.1 Å². The van der Waals surface area contributed by atoms with Crippen molar-refractivity contribution in [2.45, 2.75) is 57.3 Å². The Morgan fingerprint density at radius 3 is 2.36 bits per heavy atom. The van der Waals surface area contributed by atoms with E-state index in [1.165, 1.54) is 19.3 Å². The smallest absolute Gasteiger partial charge is 0.0254 e. The molecule has 2 fully saturated rings. The molecule has 2 N–H and O–H groups in total. The monoisotopic (exact) mass is 154 g/mol. The molecule has 2 rings (SSSR count). The van der Waals surface area contributed by atoms with Gasteiger partial charge in [0.2, 0.25) is 0 Å². The number of hydrogen-bond acceptors (Lipinski definition) is 2. The molecule has 64 valence electrons. The van der Waals surface area contributed by atoms with Gasteiger partial charge in [-0.3, -0.25) is 4.90 Å². The topological polar surface area (TPSA) is 29.3 Å².